The van der Waals surface area contributed by atoms with E-state index in [1.807, 2.05) is 26.7 Å². The van der Waals surface area contributed by atoms with Gasteiger partial charge >= 0.3 is 0 Å². The third-order valence-electron chi connectivity index (χ3n) is 0.756. The number of rotatable bonds is 0. The van der Waals surface area contributed by atoms with Gasteiger partial charge in [-0.25, -0.2) is 0 Å². The van der Waals surface area contributed by atoms with Crippen molar-refractivity contribution >= 4 is 6.79 Å². The Labute approximate surface area is 79.5 Å². The summed E-state index contributed by atoms with van der Waals surface area (Å²) >= 11 is 0. The Morgan fingerprint density at radius 3 is 1.62 bits per heavy atom. The van der Waals surface area contributed by atoms with E-state index in [1.54, 1.807) is 24.3 Å². The Morgan fingerprint density at radius 2 is 1.46 bits per heavy atom. The van der Waals surface area contributed by atoms with Gasteiger partial charge in [0.1, 0.15) is 12.5 Å². The lowest BCUT2D eigenvalue weighted by molar-refractivity contribution is -0.0979. The number of aromatic hydroxyl groups is 1. The van der Waals surface area contributed by atoms with Gasteiger partial charge in [0.25, 0.3) is 0 Å². The second-order valence-corrected chi connectivity index (χ2v) is 2.54. The summed E-state index contributed by atoms with van der Waals surface area (Å²) in [6.45, 7) is 9.50. The molecule has 1 aromatic carbocycles. The van der Waals surface area contributed by atoms with Crippen LogP contribution >= 0.6 is 0 Å². The average Bonchev–Trinajstić information content (AvgIpc) is 2.08. The first-order chi connectivity index (χ1) is 6.13. The first kappa shape index (κ1) is 14.0. The Kier molecular flexibility index (Phi) is 11.2. The minimum atomic E-state index is 0.322. The van der Waals surface area contributed by atoms with Gasteiger partial charge in [-0.1, -0.05) is 23.8 Å². The van der Waals surface area contributed by atoms with E-state index in [9.17, 15) is 0 Å². The maximum Gasteiger partial charge on any atom is 0.115 e. The van der Waals surface area contributed by atoms with Gasteiger partial charge in [0.2, 0.25) is 0 Å². The topological polar surface area (TPSA) is 37.3 Å². The molecule has 0 atom stereocenters. The minimum absolute atomic E-state index is 0.322. The number of carbonyl (C=O) groups excluding carboxylic acids is 1. The van der Waals surface area contributed by atoms with Crippen molar-refractivity contribution in [1.82, 2.24) is 0 Å². The van der Waals surface area contributed by atoms with E-state index in [0.717, 1.165) is 0 Å². The largest absolute Gasteiger partial charge is 0.508 e. The fourth-order valence-electron chi connectivity index (χ4n) is 0.428. The summed E-state index contributed by atoms with van der Waals surface area (Å²) in [7, 11) is 0. The zero-order valence-corrected chi connectivity index (χ0v) is 8.16. The van der Waals surface area contributed by atoms with Crippen molar-refractivity contribution in [3.63, 3.8) is 0 Å². The highest BCUT2D eigenvalue weighted by molar-refractivity contribution is 5.18. The molecule has 2 heteroatoms. The summed E-state index contributed by atoms with van der Waals surface area (Å²) in [5.41, 5.74) is 1.17. The van der Waals surface area contributed by atoms with E-state index in [4.69, 9.17) is 9.90 Å². The molecule has 0 unspecified atom stereocenters. The van der Waals surface area contributed by atoms with Gasteiger partial charge in [-0.05, 0) is 26.0 Å². The molecular weight excluding hydrogens is 164 g/mol. The maximum atomic E-state index is 8.63. The predicted molar refractivity (Wildman–Crippen MR) is 55.7 cm³/mol. The van der Waals surface area contributed by atoms with E-state index in [2.05, 4.69) is 6.58 Å². The van der Waals surface area contributed by atoms with Gasteiger partial charge in [0, 0.05) is 0 Å². The van der Waals surface area contributed by atoms with Crippen molar-refractivity contribution in [2.45, 2.75) is 13.8 Å². The maximum absolute atomic E-state index is 8.63. The summed E-state index contributed by atoms with van der Waals surface area (Å²) in [5.74, 6) is 0.322. The fourth-order valence-corrected chi connectivity index (χ4v) is 0.428. The van der Waals surface area contributed by atoms with Crippen molar-refractivity contribution < 1.29 is 9.90 Å². The van der Waals surface area contributed by atoms with Crippen LogP contribution in [0.15, 0.2) is 42.5 Å². The number of benzene rings is 1. The van der Waals surface area contributed by atoms with Crippen molar-refractivity contribution in [2.24, 2.45) is 0 Å². The van der Waals surface area contributed by atoms with Crippen LogP contribution < -0.4 is 0 Å². The monoisotopic (exact) mass is 180 g/mol. The molecule has 0 bridgehead atoms. The summed E-state index contributed by atoms with van der Waals surface area (Å²) in [6.07, 6.45) is 0. The molecule has 0 aliphatic carbocycles. The number of phenolic OH excluding ortho intramolecular Hbond substituents is 1. The molecule has 1 aromatic rings. The predicted octanol–water partition coefficient (Wildman–Crippen LogP) is 2.79. The third kappa shape index (κ3) is 17.9. The third-order valence-corrected chi connectivity index (χ3v) is 0.756. The zero-order valence-electron chi connectivity index (χ0n) is 8.16. The lowest BCUT2D eigenvalue weighted by Crippen LogP contribution is -1.56. The van der Waals surface area contributed by atoms with E-state index >= 15 is 0 Å². The molecule has 0 aliphatic heterocycles. The molecule has 0 spiro atoms. The minimum Gasteiger partial charge on any atom is -0.508 e. The highest BCUT2D eigenvalue weighted by atomic mass is 16.3. The van der Waals surface area contributed by atoms with Crippen LogP contribution in [0.2, 0.25) is 0 Å². The lowest BCUT2D eigenvalue weighted by atomic mass is 10.3. The average molecular weight is 180 g/mol. The molecular formula is C11H16O2. The van der Waals surface area contributed by atoms with Crippen LogP contribution in [0.5, 0.6) is 5.75 Å². The van der Waals surface area contributed by atoms with Crippen molar-refractivity contribution in [3.05, 3.63) is 42.5 Å². The van der Waals surface area contributed by atoms with Crippen LogP contribution in [0.4, 0.5) is 0 Å². The van der Waals surface area contributed by atoms with Crippen molar-refractivity contribution in [2.75, 3.05) is 0 Å². The van der Waals surface area contributed by atoms with Crippen LogP contribution in [0.1, 0.15) is 13.8 Å². The molecule has 1 rings (SSSR count). The van der Waals surface area contributed by atoms with Crippen LogP contribution in [-0.4, -0.2) is 11.9 Å². The SMILES string of the molecule is C=C(C)C.C=O.Oc1ccccc1. The molecule has 0 fully saturated rings. The van der Waals surface area contributed by atoms with Crippen LogP contribution in [0, 0.1) is 0 Å². The molecule has 0 saturated carbocycles. The molecule has 0 heterocycles. The van der Waals surface area contributed by atoms with Crippen molar-refractivity contribution in [1.29, 1.82) is 0 Å². The summed E-state index contributed by atoms with van der Waals surface area (Å²) in [4.78, 5) is 8.00. The quantitative estimate of drug-likeness (QED) is 0.623. The molecule has 2 nitrogen and oxygen atoms in total. The smallest absolute Gasteiger partial charge is 0.115 e. The van der Waals surface area contributed by atoms with Crippen LogP contribution in [-0.2, 0) is 4.79 Å². The molecule has 1 N–H and O–H groups in total. The number of hydrogen-bond acceptors (Lipinski definition) is 2. The van der Waals surface area contributed by atoms with Gasteiger partial charge in [-0.3, -0.25) is 0 Å². The van der Waals surface area contributed by atoms with E-state index < -0.39 is 0 Å². The zero-order chi connectivity index (χ0) is 10.7. The Bertz CT molecular complexity index is 213. The first-order valence-electron chi connectivity index (χ1n) is 3.78. The molecule has 13 heavy (non-hydrogen) atoms. The van der Waals surface area contributed by atoms with Gasteiger partial charge in [-0.2, -0.15) is 0 Å². The number of allylic oxidation sites excluding steroid dienone is 1. The van der Waals surface area contributed by atoms with Crippen LogP contribution in [0.3, 0.4) is 0 Å². The summed E-state index contributed by atoms with van der Waals surface area (Å²) in [6, 6.07) is 8.71. The second kappa shape index (κ2) is 10.4. The Hall–Kier alpha value is -1.57. The Morgan fingerprint density at radius 1 is 1.15 bits per heavy atom. The van der Waals surface area contributed by atoms with E-state index in [0.29, 0.717) is 5.75 Å². The molecule has 0 saturated heterocycles. The van der Waals surface area contributed by atoms with Gasteiger partial charge in [0.15, 0.2) is 0 Å². The molecule has 72 valence electrons. The molecule has 0 aliphatic rings. The van der Waals surface area contributed by atoms with Gasteiger partial charge in [0.05, 0.1) is 0 Å². The van der Waals surface area contributed by atoms with E-state index in [1.165, 1.54) is 5.57 Å². The van der Waals surface area contributed by atoms with Gasteiger partial charge in [-0.15, -0.1) is 6.58 Å². The molecule has 0 radical (unpaired) electrons. The van der Waals surface area contributed by atoms with Gasteiger partial charge < -0.3 is 9.90 Å². The lowest BCUT2D eigenvalue weighted by Gasteiger charge is -1.82. The second-order valence-electron chi connectivity index (χ2n) is 2.54. The molecule has 0 amide bonds. The fraction of sp³-hybridized carbons (Fsp3) is 0.182. The molecule has 0 aromatic heterocycles. The number of carbonyl (C=O) groups is 1. The highest BCUT2D eigenvalue weighted by Crippen LogP contribution is 2.02. The van der Waals surface area contributed by atoms with Crippen molar-refractivity contribution in [3.8, 4) is 5.75 Å². The highest BCUT2D eigenvalue weighted by Gasteiger charge is 1.74. The van der Waals surface area contributed by atoms with E-state index in [-0.39, 0.29) is 0 Å². The first-order valence-corrected chi connectivity index (χ1v) is 3.78. The number of hydrogen-bond donors (Lipinski definition) is 1. The normalized spacial score (nSPS) is 6.92. The summed E-state index contributed by atoms with van der Waals surface area (Å²) in [5, 5.41) is 8.63. The number of para-hydroxylation sites is 1. The van der Waals surface area contributed by atoms with Crippen LogP contribution in [0.25, 0.3) is 0 Å². The number of phenols is 1. The Balaban J connectivity index is 0. The summed E-state index contributed by atoms with van der Waals surface area (Å²) < 4.78 is 0. The standard InChI is InChI=1S/C6H6O.C4H8.CH2O/c7-6-4-2-1-3-5-6;1-4(2)3;1-2/h1-5,7H;1H2,2-3H3;1H2.